The third-order valence-electron chi connectivity index (χ3n) is 2.34. The fourth-order valence-corrected chi connectivity index (χ4v) is 1.44. The first-order valence-corrected chi connectivity index (χ1v) is 5.55. The highest BCUT2D eigenvalue weighted by atomic mass is 35.5. The average Bonchev–Trinajstić information content (AvgIpc) is 2.29. The number of rotatable bonds is 5. The van der Waals surface area contributed by atoms with Gasteiger partial charge < -0.3 is 10.4 Å². The summed E-state index contributed by atoms with van der Waals surface area (Å²) in [6.07, 6.45) is 1.89. The van der Waals surface area contributed by atoms with Crippen molar-refractivity contribution in [3.05, 3.63) is 29.0 Å². The Kier molecular flexibility index (Phi) is 4.90. The van der Waals surface area contributed by atoms with Crippen LogP contribution in [0.25, 0.3) is 0 Å². The summed E-state index contributed by atoms with van der Waals surface area (Å²) in [6.45, 7) is 1.86. The van der Waals surface area contributed by atoms with E-state index in [1.54, 1.807) is 6.92 Å². The van der Waals surface area contributed by atoms with Gasteiger partial charge in [-0.05, 0) is 18.6 Å². The molecule has 1 amide bonds. The molecule has 0 fully saturated rings. The van der Waals surface area contributed by atoms with Crippen molar-refractivity contribution >= 4 is 23.5 Å². The summed E-state index contributed by atoms with van der Waals surface area (Å²) in [5.41, 5.74) is 0.366. The number of aromatic nitrogens is 1. The molecule has 0 spiro atoms. The number of halogens is 1. The van der Waals surface area contributed by atoms with E-state index in [2.05, 4.69) is 10.3 Å². The Labute approximate surface area is 104 Å². The summed E-state index contributed by atoms with van der Waals surface area (Å²) in [4.78, 5) is 26.2. The number of carbonyl (C=O) groups is 2. The van der Waals surface area contributed by atoms with Gasteiger partial charge in [0, 0.05) is 18.3 Å². The highest BCUT2D eigenvalue weighted by Gasteiger charge is 2.16. The molecule has 6 heteroatoms. The monoisotopic (exact) mass is 256 g/mol. The Morgan fingerprint density at radius 2 is 2.29 bits per heavy atom. The van der Waals surface area contributed by atoms with Crippen LogP contribution in [-0.2, 0) is 4.79 Å². The third kappa shape index (κ3) is 4.03. The van der Waals surface area contributed by atoms with Gasteiger partial charge in [0.25, 0.3) is 5.91 Å². The van der Waals surface area contributed by atoms with Gasteiger partial charge in [0.05, 0.1) is 5.92 Å². The second kappa shape index (κ2) is 6.20. The van der Waals surface area contributed by atoms with Crippen LogP contribution >= 0.6 is 11.6 Å². The molecule has 0 aromatic carbocycles. The van der Waals surface area contributed by atoms with Crippen molar-refractivity contribution in [3.8, 4) is 0 Å². The van der Waals surface area contributed by atoms with Gasteiger partial charge in [-0.3, -0.25) is 9.59 Å². The number of amides is 1. The molecule has 0 aliphatic heterocycles. The lowest BCUT2D eigenvalue weighted by Gasteiger charge is -2.10. The minimum absolute atomic E-state index is 0.102. The van der Waals surface area contributed by atoms with Crippen LogP contribution in [0.4, 0.5) is 0 Å². The molecule has 1 unspecified atom stereocenters. The number of nitrogens with one attached hydrogen (secondary N) is 1. The number of carboxylic acids is 1. The van der Waals surface area contributed by atoms with Crippen molar-refractivity contribution in [2.75, 3.05) is 6.54 Å². The Morgan fingerprint density at radius 3 is 2.82 bits per heavy atom. The predicted octanol–water partition coefficient (Wildman–Crippen LogP) is 1.58. The van der Waals surface area contributed by atoms with Crippen molar-refractivity contribution in [2.24, 2.45) is 5.92 Å². The summed E-state index contributed by atoms with van der Waals surface area (Å²) in [5, 5.41) is 11.6. The molecular formula is C11H13ClN2O3. The van der Waals surface area contributed by atoms with Crippen molar-refractivity contribution < 1.29 is 14.7 Å². The fourth-order valence-electron chi connectivity index (χ4n) is 1.27. The van der Waals surface area contributed by atoms with Gasteiger partial charge in [-0.25, -0.2) is 4.98 Å². The molecule has 92 valence electrons. The van der Waals surface area contributed by atoms with Gasteiger partial charge in [-0.2, -0.15) is 0 Å². The number of carbonyl (C=O) groups excluding carboxylic acids is 1. The summed E-state index contributed by atoms with van der Waals surface area (Å²) in [5.74, 6) is -1.84. The van der Waals surface area contributed by atoms with Crippen molar-refractivity contribution in [1.82, 2.24) is 10.3 Å². The molecule has 1 aromatic rings. The maximum atomic E-state index is 11.6. The molecular weight excluding hydrogens is 244 g/mol. The lowest BCUT2D eigenvalue weighted by molar-refractivity contribution is -0.141. The fraction of sp³-hybridized carbons (Fsp3) is 0.364. The summed E-state index contributed by atoms with van der Waals surface area (Å²) in [6, 6.07) is 2.95. The molecule has 0 aliphatic carbocycles. The maximum absolute atomic E-state index is 11.6. The van der Waals surface area contributed by atoms with Crippen LogP contribution in [0.1, 0.15) is 23.7 Å². The molecule has 0 saturated heterocycles. The number of pyridine rings is 1. The molecule has 2 N–H and O–H groups in total. The van der Waals surface area contributed by atoms with Crippen LogP contribution in [0.5, 0.6) is 0 Å². The van der Waals surface area contributed by atoms with Gasteiger partial charge in [0.15, 0.2) is 0 Å². The zero-order valence-corrected chi connectivity index (χ0v) is 10.1. The van der Waals surface area contributed by atoms with E-state index >= 15 is 0 Å². The first-order chi connectivity index (χ1) is 8.04. The van der Waals surface area contributed by atoms with E-state index in [1.807, 2.05) is 0 Å². The van der Waals surface area contributed by atoms with E-state index in [0.717, 1.165) is 0 Å². The molecule has 1 atom stereocenters. The Hall–Kier alpha value is -1.62. The second-order valence-electron chi connectivity index (χ2n) is 3.52. The van der Waals surface area contributed by atoms with E-state index < -0.39 is 11.9 Å². The van der Waals surface area contributed by atoms with E-state index in [0.29, 0.717) is 12.0 Å². The van der Waals surface area contributed by atoms with E-state index in [4.69, 9.17) is 16.7 Å². The number of aliphatic carboxylic acids is 1. The lowest BCUT2D eigenvalue weighted by Crippen LogP contribution is -2.32. The molecule has 0 bridgehead atoms. The van der Waals surface area contributed by atoms with Gasteiger partial charge in [0.2, 0.25) is 0 Å². The highest BCUT2D eigenvalue weighted by Crippen LogP contribution is 2.07. The Morgan fingerprint density at radius 1 is 1.59 bits per heavy atom. The molecule has 0 aliphatic rings. The Bertz CT molecular complexity index is 423. The SMILES string of the molecule is CCC(CNC(=O)c1ccnc(Cl)c1)C(=O)O. The molecule has 1 rings (SSSR count). The first kappa shape index (κ1) is 13.4. The number of nitrogens with zero attached hydrogens (tertiary/aromatic N) is 1. The largest absolute Gasteiger partial charge is 0.481 e. The van der Waals surface area contributed by atoms with Crippen LogP contribution in [0.3, 0.4) is 0 Å². The zero-order valence-electron chi connectivity index (χ0n) is 9.31. The molecule has 1 aromatic heterocycles. The number of carboxylic acid groups (broad SMARTS) is 1. The lowest BCUT2D eigenvalue weighted by atomic mass is 10.1. The van der Waals surface area contributed by atoms with E-state index in [1.165, 1.54) is 18.3 Å². The van der Waals surface area contributed by atoms with Crippen LogP contribution in [-0.4, -0.2) is 28.5 Å². The third-order valence-corrected chi connectivity index (χ3v) is 2.55. The van der Waals surface area contributed by atoms with Crippen LogP contribution in [0, 0.1) is 5.92 Å². The van der Waals surface area contributed by atoms with Gasteiger partial charge in [0.1, 0.15) is 5.15 Å². The van der Waals surface area contributed by atoms with Gasteiger partial charge in [-0.15, -0.1) is 0 Å². The predicted molar refractivity (Wildman–Crippen MR) is 63.0 cm³/mol. The topological polar surface area (TPSA) is 79.3 Å². The van der Waals surface area contributed by atoms with E-state index in [-0.39, 0.29) is 17.6 Å². The smallest absolute Gasteiger partial charge is 0.308 e. The van der Waals surface area contributed by atoms with Crippen LogP contribution < -0.4 is 5.32 Å². The summed E-state index contributed by atoms with van der Waals surface area (Å²) < 4.78 is 0. The average molecular weight is 257 g/mol. The van der Waals surface area contributed by atoms with Crippen LogP contribution in [0.2, 0.25) is 5.15 Å². The molecule has 1 heterocycles. The normalized spacial score (nSPS) is 11.9. The maximum Gasteiger partial charge on any atom is 0.308 e. The number of hydrogen-bond donors (Lipinski definition) is 2. The van der Waals surface area contributed by atoms with Crippen molar-refractivity contribution in [1.29, 1.82) is 0 Å². The second-order valence-corrected chi connectivity index (χ2v) is 3.91. The molecule has 0 saturated carbocycles. The van der Waals surface area contributed by atoms with Crippen LogP contribution in [0.15, 0.2) is 18.3 Å². The van der Waals surface area contributed by atoms with Crippen molar-refractivity contribution in [2.45, 2.75) is 13.3 Å². The first-order valence-electron chi connectivity index (χ1n) is 5.17. The Balaban J connectivity index is 2.58. The summed E-state index contributed by atoms with van der Waals surface area (Å²) in [7, 11) is 0. The molecule has 17 heavy (non-hydrogen) atoms. The molecule has 5 nitrogen and oxygen atoms in total. The quantitative estimate of drug-likeness (QED) is 0.784. The van der Waals surface area contributed by atoms with E-state index in [9.17, 15) is 9.59 Å². The highest BCUT2D eigenvalue weighted by molar-refractivity contribution is 6.29. The summed E-state index contributed by atoms with van der Waals surface area (Å²) >= 11 is 5.64. The standard InChI is InChI=1S/C11H13ClN2O3/c1-2-7(11(16)17)6-14-10(15)8-3-4-13-9(12)5-8/h3-5,7H,2,6H2,1H3,(H,14,15)(H,16,17). The number of hydrogen-bond acceptors (Lipinski definition) is 3. The van der Waals surface area contributed by atoms with Gasteiger partial charge in [-0.1, -0.05) is 18.5 Å². The zero-order chi connectivity index (χ0) is 12.8. The van der Waals surface area contributed by atoms with Gasteiger partial charge >= 0.3 is 5.97 Å². The van der Waals surface area contributed by atoms with Crippen molar-refractivity contribution in [3.63, 3.8) is 0 Å². The molecule has 0 radical (unpaired) electrons. The minimum Gasteiger partial charge on any atom is -0.481 e. The minimum atomic E-state index is -0.916.